The lowest BCUT2D eigenvalue weighted by Crippen LogP contribution is -2.41. The van der Waals surface area contributed by atoms with E-state index in [-0.39, 0.29) is 12.4 Å². The van der Waals surface area contributed by atoms with Gasteiger partial charge < -0.3 is 9.47 Å². The number of ether oxygens (including phenoxy) is 2. The molecule has 0 saturated heterocycles. The minimum atomic E-state index is 0.130. The van der Waals surface area contributed by atoms with E-state index in [0.717, 1.165) is 19.4 Å². The molecule has 0 saturated carbocycles. The first kappa shape index (κ1) is 15.6. The molecule has 0 aromatic rings. The number of hydrogen-bond acceptors (Lipinski definition) is 4. The van der Waals surface area contributed by atoms with Crippen molar-refractivity contribution >= 4 is 5.78 Å². The van der Waals surface area contributed by atoms with Crippen molar-refractivity contribution in [1.82, 2.24) is 4.90 Å². The molecule has 0 N–H and O–H groups in total. The van der Waals surface area contributed by atoms with Gasteiger partial charge in [-0.1, -0.05) is 13.8 Å². The van der Waals surface area contributed by atoms with E-state index in [4.69, 9.17) is 9.47 Å². The van der Waals surface area contributed by atoms with Gasteiger partial charge in [0.2, 0.25) is 0 Å². The molecule has 0 aliphatic rings. The van der Waals surface area contributed by atoms with Crippen LogP contribution in [0.5, 0.6) is 0 Å². The van der Waals surface area contributed by atoms with Crippen molar-refractivity contribution in [3.8, 4) is 0 Å². The summed E-state index contributed by atoms with van der Waals surface area (Å²) in [6.07, 6.45) is 2.11. The van der Waals surface area contributed by atoms with Gasteiger partial charge >= 0.3 is 0 Å². The fourth-order valence-electron chi connectivity index (χ4n) is 1.84. The Labute approximate surface area is 98.9 Å². The Morgan fingerprint density at radius 3 is 2.25 bits per heavy atom. The van der Waals surface area contributed by atoms with Gasteiger partial charge in [-0.3, -0.25) is 9.69 Å². The molecule has 0 aliphatic carbocycles. The first-order valence-corrected chi connectivity index (χ1v) is 5.93. The third-order valence-electron chi connectivity index (χ3n) is 2.73. The summed E-state index contributed by atoms with van der Waals surface area (Å²) in [5, 5.41) is 0. The molecule has 0 aromatic carbocycles. The molecule has 0 aliphatic heterocycles. The highest BCUT2D eigenvalue weighted by Gasteiger charge is 2.17. The minimum Gasteiger partial charge on any atom is -0.383 e. The number of rotatable bonds is 10. The number of methoxy groups -OCH3 is 2. The van der Waals surface area contributed by atoms with Crippen molar-refractivity contribution < 1.29 is 14.3 Å². The van der Waals surface area contributed by atoms with E-state index in [1.807, 2.05) is 0 Å². The van der Waals surface area contributed by atoms with Crippen molar-refractivity contribution in [2.75, 3.05) is 40.5 Å². The highest BCUT2D eigenvalue weighted by atomic mass is 16.5. The van der Waals surface area contributed by atoms with Crippen LogP contribution >= 0.6 is 0 Å². The van der Waals surface area contributed by atoms with Gasteiger partial charge in [0.15, 0.2) is 5.78 Å². The van der Waals surface area contributed by atoms with Gasteiger partial charge in [-0.15, -0.1) is 0 Å². The fourth-order valence-corrected chi connectivity index (χ4v) is 1.84. The molecule has 4 nitrogen and oxygen atoms in total. The molecule has 0 unspecified atom stereocenters. The maximum atomic E-state index is 11.5. The van der Waals surface area contributed by atoms with Crippen molar-refractivity contribution in [2.24, 2.45) is 0 Å². The zero-order valence-corrected chi connectivity index (χ0v) is 11.0. The van der Waals surface area contributed by atoms with Gasteiger partial charge in [-0.2, -0.15) is 0 Å². The topological polar surface area (TPSA) is 38.8 Å². The Morgan fingerprint density at radius 1 is 1.19 bits per heavy atom. The highest BCUT2D eigenvalue weighted by Crippen LogP contribution is 2.08. The third-order valence-corrected chi connectivity index (χ3v) is 2.73. The van der Waals surface area contributed by atoms with Gasteiger partial charge in [0, 0.05) is 26.8 Å². The lowest BCUT2D eigenvalue weighted by atomic mass is 10.1. The van der Waals surface area contributed by atoms with Crippen LogP contribution in [0.2, 0.25) is 0 Å². The Hall–Kier alpha value is -0.450. The molecular weight excluding hydrogens is 206 g/mol. The van der Waals surface area contributed by atoms with Crippen LogP contribution in [-0.4, -0.2) is 57.2 Å². The first-order valence-electron chi connectivity index (χ1n) is 5.93. The number of hydrogen-bond donors (Lipinski definition) is 0. The lowest BCUT2D eigenvalue weighted by molar-refractivity contribution is -0.124. The maximum absolute atomic E-state index is 11.5. The second-order valence-corrected chi connectivity index (χ2v) is 3.91. The van der Waals surface area contributed by atoms with Crippen LogP contribution in [0.15, 0.2) is 0 Å². The zero-order chi connectivity index (χ0) is 12.4. The number of carbonyl (C=O) groups is 1. The maximum Gasteiger partial charge on any atom is 0.172 e. The molecule has 0 heterocycles. The van der Waals surface area contributed by atoms with Gasteiger partial charge in [-0.25, -0.2) is 0 Å². The van der Waals surface area contributed by atoms with Crippen LogP contribution in [0.4, 0.5) is 0 Å². The summed E-state index contributed by atoms with van der Waals surface area (Å²) in [5.74, 6) is 0.130. The van der Waals surface area contributed by atoms with E-state index in [2.05, 4.69) is 18.7 Å². The lowest BCUT2D eigenvalue weighted by Gasteiger charge is -2.29. The summed E-state index contributed by atoms with van der Waals surface area (Å²) in [4.78, 5) is 13.7. The van der Waals surface area contributed by atoms with Crippen LogP contribution in [-0.2, 0) is 14.3 Å². The average molecular weight is 231 g/mol. The summed E-state index contributed by atoms with van der Waals surface area (Å²) in [6.45, 7) is 6.42. The Bertz CT molecular complexity index is 181. The summed E-state index contributed by atoms with van der Waals surface area (Å²) in [7, 11) is 3.23. The number of ketones is 1. The smallest absolute Gasteiger partial charge is 0.172 e. The normalized spacial score (nSPS) is 11.4. The molecule has 4 heteroatoms. The van der Waals surface area contributed by atoms with E-state index in [1.165, 1.54) is 0 Å². The number of carbonyl (C=O) groups excluding carboxylic acids is 1. The Balaban J connectivity index is 4.22. The standard InChI is InChI=1S/C12H25NO3/c1-5-11(6-2)13(7-8-15-3)9-12(14)10-16-4/h11H,5-10H2,1-4H3. The van der Waals surface area contributed by atoms with Crippen molar-refractivity contribution in [3.63, 3.8) is 0 Å². The zero-order valence-electron chi connectivity index (χ0n) is 11.0. The molecular formula is C12H25NO3. The summed E-state index contributed by atoms with van der Waals surface area (Å²) >= 11 is 0. The predicted octanol–water partition coefficient (Wildman–Crippen LogP) is 1.34. The molecule has 0 spiro atoms. The predicted molar refractivity (Wildman–Crippen MR) is 64.7 cm³/mol. The van der Waals surface area contributed by atoms with Crippen molar-refractivity contribution in [2.45, 2.75) is 32.7 Å². The van der Waals surface area contributed by atoms with Gasteiger partial charge in [0.25, 0.3) is 0 Å². The van der Waals surface area contributed by atoms with Crippen LogP contribution in [0.25, 0.3) is 0 Å². The fraction of sp³-hybridized carbons (Fsp3) is 0.917. The molecule has 0 rings (SSSR count). The summed E-state index contributed by atoms with van der Waals surface area (Å²) in [6, 6.07) is 0.455. The molecule has 96 valence electrons. The molecule has 0 amide bonds. The third kappa shape index (κ3) is 6.20. The summed E-state index contributed by atoms with van der Waals surface area (Å²) in [5.41, 5.74) is 0. The number of nitrogens with zero attached hydrogens (tertiary/aromatic N) is 1. The van der Waals surface area contributed by atoms with Crippen LogP contribution in [0, 0.1) is 0 Å². The molecule has 0 bridgehead atoms. The average Bonchev–Trinajstić information content (AvgIpc) is 2.27. The van der Waals surface area contributed by atoms with E-state index in [0.29, 0.717) is 19.2 Å². The molecule has 0 radical (unpaired) electrons. The molecule has 0 fully saturated rings. The van der Waals surface area contributed by atoms with Crippen molar-refractivity contribution in [3.05, 3.63) is 0 Å². The van der Waals surface area contributed by atoms with Gasteiger partial charge in [0.1, 0.15) is 6.61 Å². The van der Waals surface area contributed by atoms with E-state index < -0.39 is 0 Å². The van der Waals surface area contributed by atoms with Crippen LogP contribution < -0.4 is 0 Å². The van der Waals surface area contributed by atoms with E-state index >= 15 is 0 Å². The number of Topliss-reactive ketones (excluding diaryl/α,β-unsaturated/α-hetero) is 1. The van der Waals surface area contributed by atoms with Crippen LogP contribution in [0.3, 0.4) is 0 Å². The van der Waals surface area contributed by atoms with Crippen molar-refractivity contribution in [1.29, 1.82) is 0 Å². The van der Waals surface area contributed by atoms with E-state index in [1.54, 1.807) is 14.2 Å². The Morgan fingerprint density at radius 2 is 1.81 bits per heavy atom. The second kappa shape index (κ2) is 9.75. The van der Waals surface area contributed by atoms with E-state index in [9.17, 15) is 4.79 Å². The van der Waals surface area contributed by atoms with Crippen LogP contribution in [0.1, 0.15) is 26.7 Å². The highest BCUT2D eigenvalue weighted by molar-refractivity contribution is 5.81. The molecule has 0 atom stereocenters. The minimum absolute atomic E-state index is 0.130. The second-order valence-electron chi connectivity index (χ2n) is 3.91. The molecule has 16 heavy (non-hydrogen) atoms. The Kier molecular flexibility index (Phi) is 9.48. The monoisotopic (exact) mass is 231 g/mol. The largest absolute Gasteiger partial charge is 0.383 e. The van der Waals surface area contributed by atoms with Gasteiger partial charge in [-0.05, 0) is 12.8 Å². The summed E-state index contributed by atoms with van der Waals surface area (Å²) < 4.78 is 9.92. The quantitative estimate of drug-likeness (QED) is 0.569. The first-order chi connectivity index (χ1) is 7.69. The van der Waals surface area contributed by atoms with Gasteiger partial charge in [0.05, 0.1) is 13.2 Å². The SMILES string of the molecule is CCC(CC)N(CCOC)CC(=O)COC. The molecule has 0 aromatic heterocycles.